The number of imide groups is 1. The van der Waals surface area contributed by atoms with Crippen molar-refractivity contribution in [2.75, 3.05) is 26.3 Å². The molecular weight excluding hydrogens is 310 g/mol. The zero-order chi connectivity index (χ0) is 17.1. The molecule has 0 radical (unpaired) electrons. The maximum absolute atomic E-state index is 12.2. The summed E-state index contributed by atoms with van der Waals surface area (Å²) in [7, 11) is 0. The van der Waals surface area contributed by atoms with Gasteiger partial charge in [0.25, 0.3) is 11.8 Å². The summed E-state index contributed by atoms with van der Waals surface area (Å²) in [5.74, 6) is -0.784. The molecule has 2 heterocycles. The second kappa shape index (κ2) is 7.11. The monoisotopic (exact) mass is 331 g/mol. The van der Waals surface area contributed by atoms with Crippen LogP contribution >= 0.6 is 0 Å². The number of benzene rings is 1. The number of carbonyl (C=O) groups is 3. The molecule has 0 aliphatic carbocycles. The predicted molar refractivity (Wildman–Crippen MR) is 86.3 cm³/mol. The quantitative estimate of drug-likeness (QED) is 0.748. The molecule has 2 aliphatic heterocycles. The Labute approximate surface area is 140 Å². The van der Waals surface area contributed by atoms with Crippen molar-refractivity contribution in [3.05, 3.63) is 35.4 Å². The van der Waals surface area contributed by atoms with E-state index in [1.54, 1.807) is 24.3 Å². The largest absolute Gasteiger partial charge is 0.381 e. The molecule has 0 spiro atoms. The smallest absolute Gasteiger partial charge is 0.261 e. The van der Waals surface area contributed by atoms with Crippen LogP contribution in [0.5, 0.6) is 0 Å². The Morgan fingerprint density at radius 1 is 1.21 bits per heavy atom. The van der Waals surface area contributed by atoms with Gasteiger partial charge in [-0.1, -0.05) is 12.1 Å². The minimum absolute atomic E-state index is 0.109. The molecule has 3 N–H and O–H groups in total. The third kappa shape index (κ3) is 3.18. The summed E-state index contributed by atoms with van der Waals surface area (Å²) in [5, 5.41) is 2.72. The molecule has 1 unspecified atom stereocenters. The third-order valence-electron chi connectivity index (χ3n) is 4.59. The summed E-state index contributed by atoms with van der Waals surface area (Å²) in [6, 6.07) is 6.13. The number of nitrogens with one attached hydrogen (secondary N) is 1. The van der Waals surface area contributed by atoms with E-state index in [9.17, 15) is 14.4 Å². The molecule has 128 valence electrons. The van der Waals surface area contributed by atoms with Gasteiger partial charge in [-0.3, -0.25) is 19.3 Å². The van der Waals surface area contributed by atoms with Gasteiger partial charge in [-0.2, -0.15) is 0 Å². The van der Waals surface area contributed by atoms with Crippen LogP contribution in [0, 0.1) is 5.92 Å². The first-order valence-corrected chi connectivity index (χ1v) is 8.16. The first-order valence-electron chi connectivity index (χ1n) is 8.16. The van der Waals surface area contributed by atoms with E-state index >= 15 is 0 Å². The SMILES string of the molecule is NC(C(=O)NCCN1C(=O)c2ccccc2C1=O)C1CCOCC1. The van der Waals surface area contributed by atoms with E-state index in [2.05, 4.69) is 5.32 Å². The maximum Gasteiger partial charge on any atom is 0.261 e. The highest BCUT2D eigenvalue weighted by Gasteiger charge is 2.35. The van der Waals surface area contributed by atoms with E-state index in [1.807, 2.05) is 0 Å². The van der Waals surface area contributed by atoms with Crippen LogP contribution in [0.3, 0.4) is 0 Å². The second-order valence-electron chi connectivity index (χ2n) is 6.07. The van der Waals surface area contributed by atoms with Gasteiger partial charge in [0.05, 0.1) is 17.2 Å². The molecule has 1 aromatic rings. The van der Waals surface area contributed by atoms with Crippen molar-refractivity contribution < 1.29 is 19.1 Å². The summed E-state index contributed by atoms with van der Waals surface area (Å²) in [6.45, 7) is 1.58. The zero-order valence-corrected chi connectivity index (χ0v) is 13.4. The molecule has 1 saturated heterocycles. The Kier molecular flexibility index (Phi) is 4.92. The number of fused-ring (bicyclic) bond motifs is 1. The number of nitrogens with zero attached hydrogens (tertiary/aromatic N) is 1. The number of amides is 3. The standard InChI is InChI=1S/C17H21N3O4/c18-14(11-5-9-24-10-6-11)15(21)19-7-8-20-16(22)12-3-1-2-4-13(12)17(20)23/h1-4,11,14H,5-10,18H2,(H,19,21). The van der Waals surface area contributed by atoms with Gasteiger partial charge in [0, 0.05) is 26.3 Å². The fourth-order valence-electron chi connectivity index (χ4n) is 3.14. The number of carbonyl (C=O) groups excluding carboxylic acids is 3. The van der Waals surface area contributed by atoms with Crippen LogP contribution in [0.4, 0.5) is 0 Å². The number of hydrogen-bond donors (Lipinski definition) is 2. The van der Waals surface area contributed by atoms with Crippen molar-refractivity contribution in [1.29, 1.82) is 0 Å². The molecule has 0 bridgehead atoms. The van der Waals surface area contributed by atoms with Gasteiger partial charge in [-0.05, 0) is 30.9 Å². The van der Waals surface area contributed by atoms with Gasteiger partial charge in [0.1, 0.15) is 0 Å². The van der Waals surface area contributed by atoms with Crippen LogP contribution in [0.15, 0.2) is 24.3 Å². The molecule has 0 aromatic heterocycles. The highest BCUT2D eigenvalue weighted by Crippen LogP contribution is 2.22. The van der Waals surface area contributed by atoms with Crippen molar-refractivity contribution in [2.45, 2.75) is 18.9 Å². The van der Waals surface area contributed by atoms with E-state index in [4.69, 9.17) is 10.5 Å². The Balaban J connectivity index is 1.51. The average Bonchev–Trinajstić information content (AvgIpc) is 2.87. The molecule has 0 saturated carbocycles. The summed E-state index contributed by atoms with van der Waals surface area (Å²) in [6.07, 6.45) is 1.54. The highest BCUT2D eigenvalue weighted by atomic mass is 16.5. The Hall–Kier alpha value is -2.25. The number of hydrogen-bond acceptors (Lipinski definition) is 5. The van der Waals surface area contributed by atoms with E-state index < -0.39 is 6.04 Å². The lowest BCUT2D eigenvalue weighted by Crippen LogP contribution is -2.49. The predicted octanol–water partition coefficient (Wildman–Crippen LogP) is 0.153. The Morgan fingerprint density at radius 3 is 2.38 bits per heavy atom. The van der Waals surface area contributed by atoms with Crippen molar-refractivity contribution in [2.24, 2.45) is 11.7 Å². The van der Waals surface area contributed by atoms with Gasteiger partial charge in [-0.25, -0.2) is 0 Å². The molecule has 1 aromatic carbocycles. The molecule has 2 aliphatic rings. The van der Waals surface area contributed by atoms with Crippen LogP contribution in [-0.2, 0) is 9.53 Å². The number of nitrogens with two attached hydrogens (primary N) is 1. The second-order valence-corrected chi connectivity index (χ2v) is 6.07. The van der Waals surface area contributed by atoms with Crippen LogP contribution in [0.1, 0.15) is 33.6 Å². The van der Waals surface area contributed by atoms with Gasteiger partial charge < -0.3 is 15.8 Å². The molecule has 7 heteroatoms. The molecule has 1 fully saturated rings. The van der Waals surface area contributed by atoms with E-state index in [0.717, 1.165) is 17.7 Å². The summed E-state index contributed by atoms with van der Waals surface area (Å²) >= 11 is 0. The minimum Gasteiger partial charge on any atom is -0.381 e. The summed E-state index contributed by atoms with van der Waals surface area (Å²) < 4.78 is 5.26. The Morgan fingerprint density at radius 2 is 1.79 bits per heavy atom. The average molecular weight is 331 g/mol. The zero-order valence-electron chi connectivity index (χ0n) is 13.4. The van der Waals surface area contributed by atoms with Crippen LogP contribution in [0.2, 0.25) is 0 Å². The Bertz CT molecular complexity index is 620. The molecular formula is C17H21N3O4. The fourth-order valence-corrected chi connectivity index (χ4v) is 3.14. The maximum atomic E-state index is 12.2. The topological polar surface area (TPSA) is 102 Å². The van der Waals surface area contributed by atoms with Gasteiger partial charge >= 0.3 is 0 Å². The third-order valence-corrected chi connectivity index (χ3v) is 4.59. The lowest BCUT2D eigenvalue weighted by Gasteiger charge is -2.27. The fraction of sp³-hybridized carbons (Fsp3) is 0.471. The molecule has 3 rings (SSSR count). The first kappa shape index (κ1) is 16.6. The first-order chi connectivity index (χ1) is 11.6. The van der Waals surface area contributed by atoms with Gasteiger partial charge in [0.2, 0.25) is 5.91 Å². The van der Waals surface area contributed by atoms with E-state index in [-0.39, 0.29) is 36.7 Å². The molecule has 7 nitrogen and oxygen atoms in total. The molecule has 1 atom stereocenters. The summed E-state index contributed by atoms with van der Waals surface area (Å²) in [4.78, 5) is 37.7. The number of ether oxygens (including phenoxy) is 1. The van der Waals surface area contributed by atoms with Crippen molar-refractivity contribution in [3.63, 3.8) is 0 Å². The lowest BCUT2D eigenvalue weighted by molar-refractivity contribution is -0.124. The lowest BCUT2D eigenvalue weighted by atomic mass is 9.92. The van der Waals surface area contributed by atoms with Crippen LogP contribution in [0.25, 0.3) is 0 Å². The van der Waals surface area contributed by atoms with Gasteiger partial charge in [0.15, 0.2) is 0 Å². The van der Waals surface area contributed by atoms with Gasteiger partial charge in [-0.15, -0.1) is 0 Å². The minimum atomic E-state index is -0.587. The highest BCUT2D eigenvalue weighted by molar-refractivity contribution is 6.21. The van der Waals surface area contributed by atoms with E-state index in [1.165, 1.54) is 0 Å². The number of rotatable bonds is 5. The molecule has 3 amide bonds. The molecule has 24 heavy (non-hydrogen) atoms. The van der Waals surface area contributed by atoms with Crippen LogP contribution < -0.4 is 11.1 Å². The van der Waals surface area contributed by atoms with Crippen molar-refractivity contribution in [3.8, 4) is 0 Å². The summed E-state index contributed by atoms with van der Waals surface area (Å²) in [5.41, 5.74) is 6.81. The van der Waals surface area contributed by atoms with Crippen molar-refractivity contribution in [1.82, 2.24) is 10.2 Å². The van der Waals surface area contributed by atoms with Crippen LogP contribution in [-0.4, -0.2) is 55.0 Å². The van der Waals surface area contributed by atoms with E-state index in [0.29, 0.717) is 24.3 Å². The normalized spacial score (nSPS) is 19.3. The van der Waals surface area contributed by atoms with Crippen molar-refractivity contribution >= 4 is 17.7 Å².